The molecular weight excluding hydrogens is 166 g/mol. The van der Waals surface area contributed by atoms with Crippen molar-refractivity contribution < 1.29 is 4.74 Å². The minimum atomic E-state index is -0.0831. The highest BCUT2D eigenvalue weighted by Crippen LogP contribution is 2.01. The second kappa shape index (κ2) is 4.34. The zero-order valence-corrected chi connectivity index (χ0v) is 7.29. The Bertz CT molecular complexity index is 246. The Morgan fingerprint density at radius 2 is 2.15 bits per heavy atom. The lowest BCUT2D eigenvalue weighted by Crippen LogP contribution is -2.36. The average Bonchev–Trinajstić information content (AvgIpc) is 2.69. The molecule has 1 fully saturated rings. The zero-order chi connectivity index (χ0) is 8.93. The van der Waals surface area contributed by atoms with Crippen LogP contribution < -0.4 is 16.2 Å². The van der Waals surface area contributed by atoms with Gasteiger partial charge in [-0.3, -0.25) is 5.32 Å². The van der Waals surface area contributed by atoms with Crippen LogP contribution >= 0.6 is 0 Å². The number of nitrogens with one attached hydrogen (secondary N) is 3. The van der Waals surface area contributed by atoms with E-state index in [9.17, 15) is 0 Å². The molecule has 1 aromatic carbocycles. The molecular formula is C9H13N3O. The summed E-state index contributed by atoms with van der Waals surface area (Å²) in [4.78, 5) is 0. The Labute approximate surface area is 77.3 Å². The number of ether oxygens (including phenoxy) is 1. The molecule has 3 N–H and O–H groups in total. The number of hydrogen-bond donors (Lipinski definition) is 3. The summed E-state index contributed by atoms with van der Waals surface area (Å²) in [5.41, 5.74) is 7.04. The van der Waals surface area contributed by atoms with Crippen LogP contribution in [0.2, 0.25) is 0 Å². The predicted molar refractivity (Wildman–Crippen MR) is 49.3 cm³/mol. The second-order valence-corrected chi connectivity index (χ2v) is 2.88. The topological polar surface area (TPSA) is 45.3 Å². The minimum Gasteiger partial charge on any atom is -0.344 e. The predicted octanol–water partition coefficient (Wildman–Crippen LogP) is 0.142. The lowest BCUT2D eigenvalue weighted by Gasteiger charge is -2.10. The van der Waals surface area contributed by atoms with Crippen molar-refractivity contribution in [3.05, 3.63) is 35.9 Å². The van der Waals surface area contributed by atoms with Crippen LogP contribution in [0.15, 0.2) is 30.3 Å². The fraction of sp³-hybridized carbons (Fsp3) is 0.333. The summed E-state index contributed by atoms with van der Waals surface area (Å²) in [7, 11) is 0. The molecule has 0 spiro atoms. The quantitative estimate of drug-likeness (QED) is 0.617. The van der Waals surface area contributed by atoms with Gasteiger partial charge in [0.2, 0.25) is 0 Å². The Balaban J connectivity index is 1.79. The highest BCUT2D eigenvalue weighted by molar-refractivity contribution is 5.13. The van der Waals surface area contributed by atoms with E-state index in [1.54, 1.807) is 0 Å². The molecule has 1 aromatic rings. The number of hydrogen-bond acceptors (Lipinski definition) is 4. The van der Waals surface area contributed by atoms with Crippen molar-refractivity contribution in [1.29, 1.82) is 0 Å². The van der Waals surface area contributed by atoms with Crippen LogP contribution in [-0.4, -0.2) is 13.0 Å². The first kappa shape index (κ1) is 8.65. The third kappa shape index (κ3) is 2.50. The van der Waals surface area contributed by atoms with Crippen molar-refractivity contribution in [2.75, 3.05) is 6.67 Å². The van der Waals surface area contributed by atoms with Gasteiger partial charge in [0.15, 0.2) is 6.35 Å². The van der Waals surface area contributed by atoms with Gasteiger partial charge in [-0.25, -0.2) is 10.9 Å². The first-order valence-electron chi connectivity index (χ1n) is 4.32. The van der Waals surface area contributed by atoms with E-state index >= 15 is 0 Å². The van der Waals surface area contributed by atoms with Crippen LogP contribution in [0.3, 0.4) is 0 Å². The third-order valence-electron chi connectivity index (χ3n) is 1.87. The summed E-state index contributed by atoms with van der Waals surface area (Å²) >= 11 is 0. The third-order valence-corrected chi connectivity index (χ3v) is 1.87. The van der Waals surface area contributed by atoms with E-state index in [0.29, 0.717) is 6.61 Å². The van der Waals surface area contributed by atoms with E-state index < -0.39 is 0 Å². The number of benzene rings is 1. The van der Waals surface area contributed by atoms with E-state index in [-0.39, 0.29) is 6.35 Å². The normalized spacial score (nSPS) is 22.0. The van der Waals surface area contributed by atoms with E-state index in [1.807, 2.05) is 30.3 Å². The van der Waals surface area contributed by atoms with E-state index in [4.69, 9.17) is 4.74 Å². The maximum Gasteiger partial charge on any atom is 0.177 e. The SMILES string of the molecule is c1ccc(COC2NCNN2)cc1. The molecule has 0 aliphatic carbocycles. The molecule has 1 atom stereocenters. The van der Waals surface area contributed by atoms with Gasteiger partial charge in [-0.15, -0.1) is 0 Å². The first-order valence-corrected chi connectivity index (χ1v) is 4.32. The Morgan fingerprint density at radius 3 is 2.85 bits per heavy atom. The van der Waals surface area contributed by atoms with Gasteiger partial charge in [-0.1, -0.05) is 30.3 Å². The Kier molecular flexibility index (Phi) is 2.89. The molecule has 1 aliphatic rings. The summed E-state index contributed by atoms with van der Waals surface area (Å²) < 4.78 is 5.50. The van der Waals surface area contributed by atoms with Crippen molar-refractivity contribution in [1.82, 2.24) is 16.2 Å². The van der Waals surface area contributed by atoms with Gasteiger partial charge >= 0.3 is 0 Å². The van der Waals surface area contributed by atoms with Gasteiger partial charge in [0.05, 0.1) is 13.3 Å². The smallest absolute Gasteiger partial charge is 0.177 e. The van der Waals surface area contributed by atoms with Gasteiger partial charge in [0.1, 0.15) is 0 Å². The van der Waals surface area contributed by atoms with Gasteiger partial charge in [0, 0.05) is 0 Å². The van der Waals surface area contributed by atoms with Crippen LogP contribution in [-0.2, 0) is 11.3 Å². The van der Waals surface area contributed by atoms with Crippen LogP contribution in [0.5, 0.6) is 0 Å². The maximum atomic E-state index is 5.50. The number of hydrazine groups is 1. The molecule has 4 heteroatoms. The molecule has 1 aliphatic heterocycles. The summed E-state index contributed by atoms with van der Waals surface area (Å²) in [5.74, 6) is 0. The molecule has 0 saturated carbocycles. The fourth-order valence-corrected chi connectivity index (χ4v) is 1.19. The van der Waals surface area contributed by atoms with Gasteiger partial charge in [-0.05, 0) is 5.56 Å². The highest BCUT2D eigenvalue weighted by Gasteiger charge is 2.11. The molecule has 1 saturated heterocycles. The minimum absolute atomic E-state index is 0.0831. The van der Waals surface area contributed by atoms with Crippen LogP contribution in [0, 0.1) is 0 Å². The second-order valence-electron chi connectivity index (χ2n) is 2.88. The summed E-state index contributed by atoms with van der Waals surface area (Å²) in [6, 6.07) is 10.1. The van der Waals surface area contributed by atoms with E-state index in [1.165, 1.54) is 5.56 Å². The molecule has 13 heavy (non-hydrogen) atoms. The Morgan fingerprint density at radius 1 is 1.31 bits per heavy atom. The van der Waals surface area contributed by atoms with E-state index in [2.05, 4.69) is 16.2 Å². The molecule has 1 unspecified atom stereocenters. The van der Waals surface area contributed by atoms with Crippen LogP contribution in [0.4, 0.5) is 0 Å². The lowest BCUT2D eigenvalue weighted by atomic mass is 10.2. The van der Waals surface area contributed by atoms with Crippen molar-refractivity contribution in [2.45, 2.75) is 13.0 Å². The van der Waals surface area contributed by atoms with Gasteiger partial charge in [-0.2, -0.15) is 0 Å². The standard InChI is InChI=1S/C9H13N3O/c1-2-4-8(5-3-1)6-13-9-10-7-11-12-9/h1-5,9-12H,6-7H2. The van der Waals surface area contributed by atoms with Crippen molar-refractivity contribution in [3.8, 4) is 0 Å². The molecule has 4 nitrogen and oxygen atoms in total. The highest BCUT2D eigenvalue weighted by atomic mass is 16.5. The summed E-state index contributed by atoms with van der Waals surface area (Å²) in [6.45, 7) is 1.35. The molecule has 0 bridgehead atoms. The lowest BCUT2D eigenvalue weighted by molar-refractivity contribution is 0.0131. The fourth-order valence-electron chi connectivity index (χ4n) is 1.19. The van der Waals surface area contributed by atoms with Crippen LogP contribution in [0.25, 0.3) is 0 Å². The maximum absolute atomic E-state index is 5.50. The van der Waals surface area contributed by atoms with Crippen molar-refractivity contribution in [2.24, 2.45) is 0 Å². The average molecular weight is 179 g/mol. The van der Waals surface area contributed by atoms with Crippen LogP contribution in [0.1, 0.15) is 5.56 Å². The van der Waals surface area contributed by atoms with Gasteiger partial charge < -0.3 is 4.74 Å². The molecule has 0 aromatic heterocycles. The van der Waals surface area contributed by atoms with Crippen molar-refractivity contribution >= 4 is 0 Å². The summed E-state index contributed by atoms with van der Waals surface area (Å²) in [6.07, 6.45) is -0.0831. The first-order chi connectivity index (χ1) is 6.45. The zero-order valence-electron chi connectivity index (χ0n) is 7.29. The number of rotatable bonds is 3. The Hall–Kier alpha value is -0.940. The van der Waals surface area contributed by atoms with E-state index in [0.717, 1.165) is 6.67 Å². The monoisotopic (exact) mass is 179 g/mol. The molecule has 0 amide bonds. The molecule has 70 valence electrons. The summed E-state index contributed by atoms with van der Waals surface area (Å²) in [5, 5.41) is 3.08. The van der Waals surface area contributed by atoms with Crippen molar-refractivity contribution in [3.63, 3.8) is 0 Å². The molecule has 2 rings (SSSR count). The molecule has 1 heterocycles. The molecule has 0 radical (unpaired) electrons. The van der Waals surface area contributed by atoms with Gasteiger partial charge in [0.25, 0.3) is 0 Å². The largest absolute Gasteiger partial charge is 0.344 e.